The molecular weight excluding hydrogens is 156 g/mol. The molecule has 48 valence electrons. The second-order valence-electron chi connectivity index (χ2n) is 1.17. The van der Waals surface area contributed by atoms with Crippen LogP contribution in [0.25, 0.3) is 0 Å². The van der Waals surface area contributed by atoms with Crippen LogP contribution in [0.4, 0.5) is 5.13 Å². The molecule has 0 fully saturated rings. The SMILES string of the molecule is CSc1nnc(N=N)s1. The first-order valence-corrected chi connectivity index (χ1v) is 4.16. The average Bonchev–Trinajstić information content (AvgIpc) is 2.34. The molecule has 0 aliphatic carbocycles. The minimum atomic E-state index is 0.416. The van der Waals surface area contributed by atoms with E-state index >= 15 is 0 Å². The van der Waals surface area contributed by atoms with Crippen LogP contribution in [0.5, 0.6) is 0 Å². The Morgan fingerprint density at radius 2 is 2.44 bits per heavy atom. The predicted octanol–water partition coefficient (Wildman–Crippen LogP) is 1.92. The van der Waals surface area contributed by atoms with E-state index in [-0.39, 0.29) is 0 Å². The van der Waals surface area contributed by atoms with Crippen LogP contribution in [0.3, 0.4) is 0 Å². The molecule has 0 aliphatic rings. The molecule has 1 aromatic rings. The summed E-state index contributed by atoms with van der Waals surface area (Å²) in [6.07, 6.45) is 1.91. The van der Waals surface area contributed by atoms with Crippen molar-refractivity contribution in [1.29, 1.82) is 5.53 Å². The molecule has 4 nitrogen and oxygen atoms in total. The van der Waals surface area contributed by atoms with E-state index in [1.807, 2.05) is 6.26 Å². The predicted molar refractivity (Wildman–Crippen MR) is 36.5 cm³/mol. The number of rotatable bonds is 2. The first kappa shape index (κ1) is 6.63. The van der Waals surface area contributed by atoms with Crippen molar-refractivity contribution in [2.75, 3.05) is 6.26 Å². The fraction of sp³-hybridized carbons (Fsp3) is 0.333. The topological polar surface area (TPSA) is 62.0 Å². The van der Waals surface area contributed by atoms with Crippen LogP contribution >= 0.6 is 23.1 Å². The van der Waals surface area contributed by atoms with Crippen molar-refractivity contribution in [3.05, 3.63) is 0 Å². The zero-order chi connectivity index (χ0) is 6.69. The lowest BCUT2D eigenvalue weighted by Gasteiger charge is -1.75. The van der Waals surface area contributed by atoms with E-state index in [4.69, 9.17) is 5.53 Å². The van der Waals surface area contributed by atoms with Crippen LogP contribution < -0.4 is 0 Å². The number of nitrogens with one attached hydrogen (secondary N) is 1. The minimum absolute atomic E-state index is 0.416. The average molecular weight is 160 g/mol. The van der Waals surface area contributed by atoms with Crippen molar-refractivity contribution in [3.63, 3.8) is 0 Å². The van der Waals surface area contributed by atoms with Gasteiger partial charge < -0.3 is 0 Å². The maximum absolute atomic E-state index is 6.56. The molecule has 0 unspecified atom stereocenters. The summed E-state index contributed by atoms with van der Waals surface area (Å²) >= 11 is 2.83. The van der Waals surface area contributed by atoms with Crippen LogP contribution in [-0.2, 0) is 0 Å². The van der Waals surface area contributed by atoms with E-state index in [0.717, 1.165) is 4.34 Å². The highest BCUT2D eigenvalue weighted by Gasteiger charge is 1.98. The van der Waals surface area contributed by atoms with Crippen LogP contribution in [0.2, 0.25) is 0 Å². The quantitative estimate of drug-likeness (QED) is 0.531. The third-order valence-electron chi connectivity index (χ3n) is 0.666. The highest BCUT2D eigenvalue weighted by molar-refractivity contribution is 8.00. The number of thioether (sulfide) groups is 1. The van der Waals surface area contributed by atoms with Crippen molar-refractivity contribution < 1.29 is 0 Å². The van der Waals surface area contributed by atoms with Crippen molar-refractivity contribution in [2.45, 2.75) is 4.34 Å². The molecule has 1 N–H and O–H groups in total. The molecule has 0 spiro atoms. The third kappa shape index (κ3) is 1.46. The maximum Gasteiger partial charge on any atom is 0.251 e. The zero-order valence-corrected chi connectivity index (χ0v) is 6.29. The van der Waals surface area contributed by atoms with E-state index in [9.17, 15) is 0 Å². The van der Waals surface area contributed by atoms with E-state index in [2.05, 4.69) is 15.3 Å². The Morgan fingerprint density at radius 3 is 2.78 bits per heavy atom. The maximum atomic E-state index is 6.56. The van der Waals surface area contributed by atoms with E-state index < -0.39 is 0 Å². The molecule has 1 rings (SSSR count). The van der Waals surface area contributed by atoms with Gasteiger partial charge in [-0.15, -0.1) is 15.3 Å². The highest BCUT2D eigenvalue weighted by Crippen LogP contribution is 2.24. The number of nitrogens with zero attached hydrogens (tertiary/aromatic N) is 3. The van der Waals surface area contributed by atoms with Crippen molar-refractivity contribution in [3.8, 4) is 0 Å². The lowest BCUT2D eigenvalue weighted by Crippen LogP contribution is -1.65. The van der Waals surface area contributed by atoms with Crippen molar-refractivity contribution in [2.24, 2.45) is 5.11 Å². The van der Waals surface area contributed by atoms with Gasteiger partial charge in [-0.3, -0.25) is 0 Å². The van der Waals surface area contributed by atoms with Crippen LogP contribution in [0.15, 0.2) is 9.45 Å². The largest absolute Gasteiger partial charge is 0.251 e. The summed E-state index contributed by atoms with van der Waals surface area (Å²) in [7, 11) is 0. The number of aromatic nitrogens is 2. The molecule has 1 heterocycles. The lowest BCUT2D eigenvalue weighted by atomic mass is 11.3. The Balaban J connectivity index is 2.86. The highest BCUT2D eigenvalue weighted by atomic mass is 32.2. The molecule has 0 radical (unpaired) electrons. The Kier molecular flexibility index (Phi) is 2.12. The Hall–Kier alpha value is -0.490. The first-order valence-electron chi connectivity index (χ1n) is 2.12. The van der Waals surface area contributed by atoms with Gasteiger partial charge in [0.05, 0.1) is 0 Å². The van der Waals surface area contributed by atoms with Crippen LogP contribution in [0.1, 0.15) is 0 Å². The smallest absolute Gasteiger partial charge is 0.202 e. The minimum Gasteiger partial charge on any atom is -0.202 e. The van der Waals surface area contributed by atoms with Crippen LogP contribution in [-0.4, -0.2) is 16.5 Å². The van der Waals surface area contributed by atoms with E-state index in [1.165, 1.54) is 23.1 Å². The fourth-order valence-corrected chi connectivity index (χ4v) is 1.37. The molecule has 9 heavy (non-hydrogen) atoms. The summed E-state index contributed by atoms with van der Waals surface area (Å²) in [5.74, 6) is 0. The van der Waals surface area contributed by atoms with Gasteiger partial charge in [0.1, 0.15) is 0 Å². The van der Waals surface area contributed by atoms with Gasteiger partial charge >= 0.3 is 0 Å². The first-order chi connectivity index (χ1) is 4.36. The van der Waals surface area contributed by atoms with Gasteiger partial charge in [0, 0.05) is 0 Å². The monoisotopic (exact) mass is 160 g/mol. The number of hydrogen-bond donors (Lipinski definition) is 1. The Labute approximate surface area is 60.2 Å². The summed E-state index contributed by atoms with van der Waals surface area (Å²) in [5, 5.41) is 10.9. The molecular formula is C3H4N4S2. The van der Waals surface area contributed by atoms with Gasteiger partial charge in [0.2, 0.25) is 0 Å². The summed E-state index contributed by atoms with van der Waals surface area (Å²) in [6.45, 7) is 0. The lowest BCUT2D eigenvalue weighted by molar-refractivity contribution is 0.984. The molecule has 1 aromatic heterocycles. The summed E-state index contributed by atoms with van der Waals surface area (Å²) in [6, 6.07) is 0. The molecule has 0 atom stereocenters. The Bertz CT molecular complexity index is 207. The molecule has 0 saturated heterocycles. The fourth-order valence-electron chi connectivity index (χ4n) is 0.330. The molecule has 0 bridgehead atoms. The second kappa shape index (κ2) is 2.88. The van der Waals surface area contributed by atoms with Crippen molar-refractivity contribution >= 4 is 28.2 Å². The number of hydrogen-bond acceptors (Lipinski definition) is 6. The van der Waals surface area contributed by atoms with E-state index in [1.54, 1.807) is 0 Å². The van der Waals surface area contributed by atoms with Gasteiger partial charge in [-0.05, 0) is 6.26 Å². The normalized spacial score (nSPS) is 9.44. The van der Waals surface area contributed by atoms with Gasteiger partial charge in [-0.2, -0.15) is 0 Å². The van der Waals surface area contributed by atoms with Gasteiger partial charge in [-0.25, -0.2) is 5.53 Å². The molecule has 0 amide bonds. The molecule has 0 aromatic carbocycles. The zero-order valence-electron chi connectivity index (χ0n) is 4.66. The molecule has 6 heteroatoms. The molecule has 0 saturated carbocycles. The standard InChI is InChI=1S/C3H4N4S2/c1-8-3-7-6-2(5-4)9-3/h4H,1H3. The Morgan fingerprint density at radius 1 is 1.67 bits per heavy atom. The second-order valence-corrected chi connectivity index (χ2v) is 3.18. The summed E-state index contributed by atoms with van der Waals surface area (Å²) in [4.78, 5) is 0. The third-order valence-corrected chi connectivity index (χ3v) is 2.46. The van der Waals surface area contributed by atoms with E-state index in [0.29, 0.717) is 5.13 Å². The van der Waals surface area contributed by atoms with Gasteiger partial charge in [0.15, 0.2) is 4.34 Å². The van der Waals surface area contributed by atoms with Gasteiger partial charge in [0.25, 0.3) is 5.13 Å². The summed E-state index contributed by atoms with van der Waals surface area (Å²) in [5.41, 5.74) is 6.56. The molecule has 0 aliphatic heterocycles. The van der Waals surface area contributed by atoms with Crippen molar-refractivity contribution in [1.82, 2.24) is 10.2 Å². The van der Waals surface area contributed by atoms with Crippen LogP contribution in [0, 0.1) is 5.53 Å². The summed E-state index contributed by atoms with van der Waals surface area (Å²) < 4.78 is 0.848. The van der Waals surface area contributed by atoms with Gasteiger partial charge in [-0.1, -0.05) is 23.1 Å².